The van der Waals surface area contributed by atoms with Crippen molar-refractivity contribution in [2.24, 2.45) is 0 Å². The van der Waals surface area contributed by atoms with Crippen LogP contribution in [0.1, 0.15) is 28.3 Å². The molecule has 0 aromatic heterocycles. The van der Waals surface area contributed by atoms with Crippen molar-refractivity contribution >= 4 is 23.1 Å². The molecule has 36 heavy (non-hydrogen) atoms. The number of Topliss-reactive ketones (excluding diaryl/α,β-unsaturated/α-hetero) is 1. The molecular weight excluding hydrogens is 456 g/mol. The van der Waals surface area contributed by atoms with Crippen LogP contribution in [0.2, 0.25) is 0 Å². The number of carbonyl (C=O) groups excluding carboxylic acids is 2. The number of para-hydroxylation sites is 1. The molecular formula is C29H30N2O5. The zero-order valence-electron chi connectivity index (χ0n) is 21.1. The predicted octanol–water partition coefficient (Wildman–Crippen LogP) is 4.70. The SMILES string of the molecule is COc1ccc(/C(O)=C2/C(=O)C(=O)N(Cc3ccccc3OC)C2c2ccc(N(C)C)cc2)c(C)c1. The van der Waals surface area contributed by atoms with E-state index in [0.29, 0.717) is 17.1 Å². The summed E-state index contributed by atoms with van der Waals surface area (Å²) in [5, 5.41) is 11.4. The Kier molecular flexibility index (Phi) is 7.01. The van der Waals surface area contributed by atoms with E-state index in [2.05, 4.69) is 0 Å². The van der Waals surface area contributed by atoms with Crippen molar-refractivity contribution in [3.8, 4) is 11.5 Å². The van der Waals surface area contributed by atoms with E-state index in [1.54, 1.807) is 32.4 Å². The van der Waals surface area contributed by atoms with Gasteiger partial charge in [0.2, 0.25) is 0 Å². The quantitative estimate of drug-likeness (QED) is 0.296. The maximum absolute atomic E-state index is 13.4. The second kappa shape index (κ2) is 10.2. The van der Waals surface area contributed by atoms with Gasteiger partial charge >= 0.3 is 0 Å². The average Bonchev–Trinajstić information content (AvgIpc) is 3.13. The summed E-state index contributed by atoms with van der Waals surface area (Å²) in [6, 6.07) is 19.4. The molecule has 1 unspecified atom stereocenters. The van der Waals surface area contributed by atoms with Crippen LogP contribution in [0.3, 0.4) is 0 Å². The normalized spacial score (nSPS) is 16.8. The lowest BCUT2D eigenvalue weighted by atomic mass is 9.93. The molecule has 1 atom stereocenters. The van der Waals surface area contributed by atoms with Gasteiger partial charge in [-0.2, -0.15) is 0 Å². The minimum absolute atomic E-state index is 0.0563. The maximum Gasteiger partial charge on any atom is 0.295 e. The largest absolute Gasteiger partial charge is 0.507 e. The van der Waals surface area contributed by atoms with Crippen LogP contribution < -0.4 is 14.4 Å². The molecule has 7 heteroatoms. The van der Waals surface area contributed by atoms with Crippen molar-refractivity contribution in [2.75, 3.05) is 33.2 Å². The summed E-state index contributed by atoms with van der Waals surface area (Å²) >= 11 is 0. The molecule has 0 spiro atoms. The van der Waals surface area contributed by atoms with Crippen molar-refractivity contribution in [1.82, 2.24) is 4.90 Å². The number of hydrogen-bond acceptors (Lipinski definition) is 6. The van der Waals surface area contributed by atoms with E-state index < -0.39 is 17.7 Å². The predicted molar refractivity (Wildman–Crippen MR) is 139 cm³/mol. The first-order valence-electron chi connectivity index (χ1n) is 11.6. The van der Waals surface area contributed by atoms with Gasteiger partial charge in [-0.1, -0.05) is 30.3 Å². The molecule has 1 aliphatic heterocycles. The fourth-order valence-electron chi connectivity index (χ4n) is 4.54. The van der Waals surface area contributed by atoms with E-state index in [-0.39, 0.29) is 17.9 Å². The first-order chi connectivity index (χ1) is 17.3. The van der Waals surface area contributed by atoms with Crippen molar-refractivity contribution in [3.05, 3.63) is 94.6 Å². The van der Waals surface area contributed by atoms with Crippen molar-refractivity contribution in [1.29, 1.82) is 0 Å². The molecule has 0 bridgehead atoms. The van der Waals surface area contributed by atoms with E-state index >= 15 is 0 Å². The minimum atomic E-state index is -0.771. The minimum Gasteiger partial charge on any atom is -0.507 e. The molecule has 0 saturated carbocycles. The number of hydrogen-bond donors (Lipinski definition) is 1. The topological polar surface area (TPSA) is 79.3 Å². The van der Waals surface area contributed by atoms with E-state index in [9.17, 15) is 14.7 Å². The van der Waals surface area contributed by atoms with Crippen LogP contribution in [-0.2, 0) is 16.1 Å². The summed E-state index contributed by atoms with van der Waals surface area (Å²) in [6.45, 7) is 1.97. The van der Waals surface area contributed by atoms with Gasteiger partial charge in [-0.3, -0.25) is 9.59 Å². The molecule has 4 rings (SSSR count). The average molecular weight is 487 g/mol. The molecule has 0 aliphatic carbocycles. The zero-order chi connectivity index (χ0) is 26.0. The summed E-state index contributed by atoms with van der Waals surface area (Å²) in [5.41, 5.74) is 3.72. The molecule has 1 saturated heterocycles. The zero-order valence-corrected chi connectivity index (χ0v) is 21.1. The number of aryl methyl sites for hydroxylation is 1. The van der Waals surface area contributed by atoms with Gasteiger partial charge in [0.1, 0.15) is 17.3 Å². The fourth-order valence-corrected chi connectivity index (χ4v) is 4.54. The van der Waals surface area contributed by atoms with Gasteiger partial charge < -0.3 is 24.4 Å². The number of carbonyl (C=O) groups is 2. The Morgan fingerprint density at radius 2 is 1.67 bits per heavy atom. The van der Waals surface area contributed by atoms with Crippen molar-refractivity contribution < 1.29 is 24.2 Å². The fraction of sp³-hybridized carbons (Fsp3) is 0.241. The highest BCUT2D eigenvalue weighted by atomic mass is 16.5. The van der Waals surface area contributed by atoms with Gasteiger partial charge in [0.05, 0.1) is 32.4 Å². The summed E-state index contributed by atoms with van der Waals surface area (Å²) in [5.74, 6) is -0.351. The third-order valence-corrected chi connectivity index (χ3v) is 6.49. The Morgan fingerprint density at radius 3 is 2.28 bits per heavy atom. The van der Waals surface area contributed by atoms with Gasteiger partial charge in [-0.15, -0.1) is 0 Å². The summed E-state index contributed by atoms with van der Waals surface area (Å²) in [6.07, 6.45) is 0. The van der Waals surface area contributed by atoms with Crippen LogP contribution in [0.25, 0.3) is 5.76 Å². The molecule has 0 radical (unpaired) electrons. The van der Waals surface area contributed by atoms with Crippen LogP contribution in [0.15, 0.2) is 72.3 Å². The number of aliphatic hydroxyl groups is 1. The molecule has 3 aromatic carbocycles. The maximum atomic E-state index is 13.4. The smallest absolute Gasteiger partial charge is 0.295 e. The number of nitrogens with zero attached hydrogens (tertiary/aromatic N) is 2. The Bertz CT molecular complexity index is 1330. The first kappa shape index (κ1) is 24.9. The van der Waals surface area contributed by atoms with Crippen LogP contribution in [0.4, 0.5) is 5.69 Å². The second-order valence-electron chi connectivity index (χ2n) is 8.91. The van der Waals surface area contributed by atoms with E-state index in [1.807, 2.05) is 74.4 Å². The first-order valence-corrected chi connectivity index (χ1v) is 11.6. The Balaban J connectivity index is 1.88. The van der Waals surface area contributed by atoms with E-state index in [0.717, 1.165) is 22.4 Å². The number of anilines is 1. The highest BCUT2D eigenvalue weighted by Gasteiger charge is 2.46. The monoisotopic (exact) mass is 486 g/mol. The number of ether oxygens (including phenoxy) is 2. The van der Waals surface area contributed by atoms with Crippen LogP contribution in [0.5, 0.6) is 11.5 Å². The lowest BCUT2D eigenvalue weighted by Gasteiger charge is -2.26. The van der Waals surface area contributed by atoms with Crippen molar-refractivity contribution in [3.63, 3.8) is 0 Å². The van der Waals surface area contributed by atoms with Gasteiger partial charge in [0, 0.05) is 30.9 Å². The Labute approximate surface area is 211 Å². The standard InChI is InChI=1S/C29H30N2O5/c1-18-16-22(35-4)14-15-23(18)27(32)25-26(19-10-12-21(13-11-19)30(2)3)31(29(34)28(25)33)17-20-8-6-7-9-24(20)36-5/h6-16,26,32H,17H2,1-5H3/b27-25-. The summed E-state index contributed by atoms with van der Waals surface area (Å²) in [4.78, 5) is 30.2. The summed E-state index contributed by atoms with van der Waals surface area (Å²) in [7, 11) is 7.01. The third kappa shape index (κ3) is 4.52. The second-order valence-corrected chi connectivity index (χ2v) is 8.91. The highest BCUT2D eigenvalue weighted by Crippen LogP contribution is 2.42. The molecule has 186 valence electrons. The van der Waals surface area contributed by atoms with Crippen LogP contribution in [0, 0.1) is 6.92 Å². The van der Waals surface area contributed by atoms with Crippen LogP contribution >= 0.6 is 0 Å². The van der Waals surface area contributed by atoms with E-state index in [1.165, 1.54) is 4.90 Å². The highest BCUT2D eigenvalue weighted by molar-refractivity contribution is 6.46. The summed E-state index contributed by atoms with van der Waals surface area (Å²) < 4.78 is 10.8. The number of amides is 1. The number of benzene rings is 3. The number of ketones is 1. The molecule has 1 aliphatic rings. The van der Waals surface area contributed by atoms with Crippen molar-refractivity contribution in [2.45, 2.75) is 19.5 Å². The number of aliphatic hydroxyl groups excluding tert-OH is 1. The van der Waals surface area contributed by atoms with Crippen LogP contribution in [-0.4, -0.2) is 50.0 Å². The molecule has 1 fully saturated rings. The number of methoxy groups -OCH3 is 2. The van der Waals surface area contributed by atoms with Gasteiger partial charge in [0.15, 0.2) is 0 Å². The molecule has 3 aromatic rings. The van der Waals surface area contributed by atoms with Gasteiger partial charge in [-0.25, -0.2) is 0 Å². The Hall–Kier alpha value is -4.26. The van der Waals surface area contributed by atoms with Gasteiger partial charge in [0.25, 0.3) is 11.7 Å². The third-order valence-electron chi connectivity index (χ3n) is 6.49. The van der Waals surface area contributed by atoms with E-state index in [4.69, 9.17) is 9.47 Å². The Morgan fingerprint density at radius 1 is 0.972 bits per heavy atom. The lowest BCUT2D eigenvalue weighted by molar-refractivity contribution is -0.140. The molecule has 7 nitrogen and oxygen atoms in total. The number of likely N-dealkylation sites (tertiary alicyclic amines) is 1. The molecule has 1 N–H and O–H groups in total. The molecule has 1 heterocycles. The lowest BCUT2D eigenvalue weighted by Crippen LogP contribution is -2.29. The van der Waals surface area contributed by atoms with Gasteiger partial charge in [-0.05, 0) is 54.4 Å². The number of rotatable bonds is 7. The molecule has 1 amide bonds.